The van der Waals surface area contributed by atoms with Crippen molar-refractivity contribution in [2.45, 2.75) is 25.6 Å². The molecule has 0 spiro atoms. The van der Waals surface area contributed by atoms with E-state index >= 15 is 0 Å². The summed E-state index contributed by atoms with van der Waals surface area (Å²) in [5.74, 6) is -3.21. The largest absolute Gasteiger partial charge is 0.481 e. The minimum absolute atomic E-state index is 0.298. The Balaban J connectivity index is 1.64. The quantitative estimate of drug-likeness (QED) is 0.699. The lowest BCUT2D eigenvalue weighted by Crippen LogP contribution is -2.35. The van der Waals surface area contributed by atoms with Crippen molar-refractivity contribution >= 4 is 17.6 Å². The number of carbonyl (C=O) groups excluding carboxylic acids is 1. The Hall–Kier alpha value is -2.94. The number of carbonyl (C=O) groups is 2. The van der Waals surface area contributed by atoms with Crippen LogP contribution in [0.25, 0.3) is 0 Å². The minimum atomic E-state index is -4.69. The average molecular weight is 424 g/mol. The van der Waals surface area contributed by atoms with Crippen LogP contribution in [0, 0.1) is 11.7 Å². The first-order valence-corrected chi connectivity index (χ1v) is 9.35. The summed E-state index contributed by atoms with van der Waals surface area (Å²) in [7, 11) is 0. The molecule has 1 saturated heterocycles. The summed E-state index contributed by atoms with van der Waals surface area (Å²) >= 11 is 0. The smallest absolute Gasteiger partial charge is 0.416 e. The van der Waals surface area contributed by atoms with E-state index in [2.05, 4.69) is 10.2 Å². The summed E-state index contributed by atoms with van der Waals surface area (Å²) in [6, 6.07) is 8.62. The minimum Gasteiger partial charge on any atom is -0.481 e. The Bertz CT molecular complexity index is 938. The van der Waals surface area contributed by atoms with Gasteiger partial charge in [0.25, 0.3) is 5.91 Å². The summed E-state index contributed by atoms with van der Waals surface area (Å²) in [4.78, 5) is 25.4. The van der Waals surface area contributed by atoms with Crippen molar-refractivity contribution in [3.8, 4) is 0 Å². The second-order valence-electron chi connectivity index (χ2n) is 7.24. The Labute approximate surface area is 170 Å². The van der Waals surface area contributed by atoms with Crippen molar-refractivity contribution in [2.75, 3.05) is 18.4 Å². The highest BCUT2D eigenvalue weighted by Gasteiger charge is 2.31. The molecule has 1 aliphatic heterocycles. The third kappa shape index (κ3) is 5.35. The van der Waals surface area contributed by atoms with Crippen molar-refractivity contribution in [3.05, 3.63) is 65.0 Å². The summed E-state index contributed by atoms with van der Waals surface area (Å²) < 4.78 is 51.9. The number of halogens is 4. The number of hydrogen-bond acceptors (Lipinski definition) is 3. The molecular weight excluding hydrogens is 404 g/mol. The van der Waals surface area contributed by atoms with Crippen LogP contribution in [0.1, 0.15) is 34.3 Å². The van der Waals surface area contributed by atoms with E-state index in [0.29, 0.717) is 50.3 Å². The number of nitrogens with zero attached hydrogens (tertiary/aromatic N) is 1. The van der Waals surface area contributed by atoms with Crippen LogP contribution in [0.3, 0.4) is 0 Å². The molecule has 160 valence electrons. The van der Waals surface area contributed by atoms with Gasteiger partial charge in [-0.25, -0.2) is 4.39 Å². The van der Waals surface area contributed by atoms with E-state index in [1.807, 2.05) is 6.07 Å². The first kappa shape index (κ1) is 21.8. The van der Waals surface area contributed by atoms with Crippen molar-refractivity contribution < 1.29 is 32.3 Å². The Morgan fingerprint density at radius 3 is 2.40 bits per heavy atom. The Morgan fingerprint density at radius 2 is 1.80 bits per heavy atom. The molecule has 1 fully saturated rings. The SMILES string of the molecule is O=C(Nc1cccc(CN2CCC(C(=O)O)CC2)c1)c1ccc(C(F)(F)F)cc1F. The van der Waals surface area contributed by atoms with Crippen LogP contribution < -0.4 is 5.32 Å². The number of alkyl halides is 3. The van der Waals surface area contributed by atoms with E-state index < -0.39 is 35.0 Å². The first-order chi connectivity index (χ1) is 14.1. The molecule has 3 rings (SSSR count). The maximum Gasteiger partial charge on any atom is 0.416 e. The van der Waals surface area contributed by atoms with Gasteiger partial charge in [-0.2, -0.15) is 13.2 Å². The number of rotatable bonds is 5. The van der Waals surface area contributed by atoms with Gasteiger partial charge in [0.2, 0.25) is 0 Å². The van der Waals surface area contributed by atoms with Gasteiger partial charge in [0, 0.05) is 12.2 Å². The molecule has 0 aromatic heterocycles. The number of aliphatic carboxylic acids is 1. The predicted octanol–water partition coefficient (Wildman–Crippen LogP) is 4.39. The lowest BCUT2D eigenvalue weighted by Gasteiger charge is -2.30. The predicted molar refractivity (Wildman–Crippen MR) is 101 cm³/mol. The van der Waals surface area contributed by atoms with Crippen LogP contribution in [0.15, 0.2) is 42.5 Å². The molecule has 2 N–H and O–H groups in total. The van der Waals surface area contributed by atoms with E-state index in [4.69, 9.17) is 5.11 Å². The van der Waals surface area contributed by atoms with E-state index in [1.54, 1.807) is 18.2 Å². The Kier molecular flexibility index (Phi) is 6.40. The Morgan fingerprint density at radius 1 is 1.10 bits per heavy atom. The highest BCUT2D eigenvalue weighted by Crippen LogP contribution is 2.30. The number of likely N-dealkylation sites (tertiary alicyclic amines) is 1. The summed E-state index contributed by atoms with van der Waals surface area (Å²) in [6.45, 7) is 1.85. The summed E-state index contributed by atoms with van der Waals surface area (Å²) in [5, 5.41) is 11.6. The van der Waals surface area contributed by atoms with Crippen LogP contribution in [-0.4, -0.2) is 35.0 Å². The number of piperidine rings is 1. The van der Waals surface area contributed by atoms with Gasteiger partial charge < -0.3 is 10.4 Å². The first-order valence-electron chi connectivity index (χ1n) is 9.35. The standard InChI is InChI=1S/C21H20F4N2O3/c22-18-11-15(21(23,24)25)4-5-17(18)19(28)26-16-3-1-2-13(10-16)12-27-8-6-14(7-9-27)20(29)30/h1-5,10-11,14H,6-9,12H2,(H,26,28)(H,29,30). The number of carboxylic acid groups (broad SMARTS) is 1. The van der Waals surface area contributed by atoms with Crippen LogP contribution in [-0.2, 0) is 17.5 Å². The van der Waals surface area contributed by atoms with Gasteiger partial charge in [-0.15, -0.1) is 0 Å². The molecular formula is C21H20F4N2O3. The van der Waals surface area contributed by atoms with E-state index in [1.165, 1.54) is 0 Å². The van der Waals surface area contributed by atoms with Crippen LogP contribution in [0.4, 0.5) is 23.2 Å². The van der Waals surface area contributed by atoms with Crippen molar-refractivity contribution in [1.82, 2.24) is 4.90 Å². The maximum absolute atomic E-state index is 14.0. The van der Waals surface area contributed by atoms with Crippen molar-refractivity contribution in [3.63, 3.8) is 0 Å². The van der Waals surface area contributed by atoms with Gasteiger partial charge >= 0.3 is 12.1 Å². The fraction of sp³-hybridized carbons (Fsp3) is 0.333. The number of benzene rings is 2. The second-order valence-corrected chi connectivity index (χ2v) is 7.24. The van der Waals surface area contributed by atoms with E-state index in [-0.39, 0.29) is 5.92 Å². The van der Waals surface area contributed by atoms with Crippen LogP contribution >= 0.6 is 0 Å². The highest BCUT2D eigenvalue weighted by atomic mass is 19.4. The number of anilines is 1. The number of nitrogens with one attached hydrogen (secondary N) is 1. The van der Waals surface area contributed by atoms with Gasteiger partial charge in [0.05, 0.1) is 17.0 Å². The molecule has 0 saturated carbocycles. The van der Waals surface area contributed by atoms with Crippen LogP contribution in [0.2, 0.25) is 0 Å². The van der Waals surface area contributed by atoms with Gasteiger partial charge in [-0.1, -0.05) is 12.1 Å². The van der Waals surface area contributed by atoms with Gasteiger partial charge in [-0.05, 0) is 61.8 Å². The van der Waals surface area contributed by atoms with Crippen molar-refractivity contribution in [1.29, 1.82) is 0 Å². The zero-order chi connectivity index (χ0) is 21.9. The third-order valence-electron chi connectivity index (χ3n) is 5.07. The van der Waals surface area contributed by atoms with Gasteiger partial charge in [-0.3, -0.25) is 14.5 Å². The second kappa shape index (κ2) is 8.83. The molecule has 2 aromatic rings. The molecule has 1 heterocycles. The van der Waals surface area contributed by atoms with Crippen LogP contribution in [0.5, 0.6) is 0 Å². The molecule has 5 nitrogen and oxygen atoms in total. The monoisotopic (exact) mass is 424 g/mol. The molecule has 1 aliphatic rings. The number of hydrogen-bond donors (Lipinski definition) is 2. The molecule has 9 heteroatoms. The molecule has 2 aromatic carbocycles. The zero-order valence-corrected chi connectivity index (χ0v) is 15.9. The fourth-order valence-corrected chi connectivity index (χ4v) is 3.42. The lowest BCUT2D eigenvalue weighted by atomic mass is 9.97. The lowest BCUT2D eigenvalue weighted by molar-refractivity contribution is -0.143. The number of amides is 1. The summed E-state index contributed by atoms with van der Waals surface area (Å²) in [5.41, 5.74) is -0.388. The summed E-state index contributed by atoms with van der Waals surface area (Å²) in [6.07, 6.45) is -3.55. The third-order valence-corrected chi connectivity index (χ3v) is 5.07. The average Bonchev–Trinajstić information content (AvgIpc) is 2.67. The normalized spacial score (nSPS) is 15.7. The topological polar surface area (TPSA) is 69.6 Å². The molecule has 0 unspecified atom stereocenters. The molecule has 0 atom stereocenters. The van der Waals surface area contributed by atoms with Gasteiger partial charge in [0.1, 0.15) is 5.82 Å². The van der Waals surface area contributed by atoms with E-state index in [0.717, 1.165) is 11.6 Å². The van der Waals surface area contributed by atoms with Crippen molar-refractivity contribution in [2.24, 2.45) is 5.92 Å². The van der Waals surface area contributed by atoms with E-state index in [9.17, 15) is 27.2 Å². The van der Waals surface area contributed by atoms with Gasteiger partial charge in [0.15, 0.2) is 0 Å². The molecule has 1 amide bonds. The molecule has 0 radical (unpaired) electrons. The molecule has 30 heavy (non-hydrogen) atoms. The fourth-order valence-electron chi connectivity index (χ4n) is 3.42. The zero-order valence-electron chi connectivity index (χ0n) is 15.9. The highest BCUT2D eigenvalue weighted by molar-refractivity contribution is 6.04. The maximum atomic E-state index is 14.0. The molecule has 0 bridgehead atoms. The number of carboxylic acids is 1. The molecule has 0 aliphatic carbocycles.